The first-order valence-electron chi connectivity index (χ1n) is 11.2. The van der Waals surface area contributed by atoms with Crippen molar-refractivity contribution in [3.63, 3.8) is 0 Å². The summed E-state index contributed by atoms with van der Waals surface area (Å²) in [6, 6.07) is 0. The molecule has 6 fully saturated rings. The lowest BCUT2D eigenvalue weighted by atomic mass is 10.0. The molecule has 2 nitrogen and oxygen atoms in total. The first-order chi connectivity index (χ1) is 12.6. The summed E-state index contributed by atoms with van der Waals surface area (Å²) in [6.07, 6.45) is 16.2. The lowest BCUT2D eigenvalue weighted by Gasteiger charge is -2.00. The molecule has 140 valence electrons. The maximum absolute atomic E-state index is 10.5. The molecule has 0 bridgehead atoms. The predicted octanol–water partition coefficient (Wildman–Crippen LogP) is 5.02. The Kier molecular flexibility index (Phi) is 3.37. The Hall–Kier alpha value is -1.05. The third-order valence-electron chi connectivity index (χ3n) is 9.09. The highest BCUT2D eigenvalue weighted by molar-refractivity contribution is 5.80. The maximum atomic E-state index is 10.5. The third-order valence-corrected chi connectivity index (χ3v) is 9.09. The van der Waals surface area contributed by atoms with E-state index >= 15 is 0 Å². The molecule has 0 amide bonds. The van der Waals surface area contributed by atoms with E-state index in [4.69, 9.17) is 5.11 Å². The van der Waals surface area contributed by atoms with Gasteiger partial charge in [0.25, 0.3) is 0 Å². The van der Waals surface area contributed by atoms with Gasteiger partial charge in [-0.25, -0.2) is 4.79 Å². The van der Waals surface area contributed by atoms with E-state index in [-0.39, 0.29) is 0 Å². The Morgan fingerprint density at radius 3 is 1.62 bits per heavy atom. The molecule has 6 aliphatic rings. The van der Waals surface area contributed by atoms with Crippen LogP contribution in [0.3, 0.4) is 0 Å². The summed E-state index contributed by atoms with van der Waals surface area (Å²) in [5.41, 5.74) is 0. The summed E-state index contributed by atoms with van der Waals surface area (Å²) >= 11 is 0. The second-order valence-corrected chi connectivity index (χ2v) is 10.8. The number of aliphatic carboxylic acids is 1. The molecule has 0 spiro atoms. The van der Waals surface area contributed by atoms with Crippen LogP contribution in [-0.2, 0) is 4.79 Å². The standard InChI is InChI=1S/C24H32O2/c1-12-6-14(12)16-8-18(16)20-10-22(20)23-11-21(23)19-9-17(19)15-7-13(15)4-2-3-5-24(25)26/h2-5,12-23H,6-11H2,1H3,(H,25,26). The van der Waals surface area contributed by atoms with Crippen molar-refractivity contribution in [1.82, 2.24) is 0 Å². The van der Waals surface area contributed by atoms with Gasteiger partial charge in [-0.1, -0.05) is 25.2 Å². The van der Waals surface area contributed by atoms with E-state index in [1.54, 1.807) is 25.3 Å². The van der Waals surface area contributed by atoms with Gasteiger partial charge >= 0.3 is 5.97 Å². The molecule has 0 aliphatic heterocycles. The molecule has 0 saturated heterocycles. The topological polar surface area (TPSA) is 37.3 Å². The van der Waals surface area contributed by atoms with Crippen LogP contribution in [0.25, 0.3) is 0 Å². The van der Waals surface area contributed by atoms with Gasteiger partial charge in [0.2, 0.25) is 0 Å². The van der Waals surface area contributed by atoms with Crippen LogP contribution in [0.15, 0.2) is 24.3 Å². The van der Waals surface area contributed by atoms with Gasteiger partial charge < -0.3 is 5.11 Å². The molecule has 2 heteroatoms. The summed E-state index contributed by atoms with van der Waals surface area (Å²) in [6.45, 7) is 2.46. The second-order valence-electron chi connectivity index (χ2n) is 10.8. The van der Waals surface area contributed by atoms with Crippen molar-refractivity contribution in [1.29, 1.82) is 0 Å². The fourth-order valence-electron chi connectivity index (χ4n) is 7.12. The second kappa shape index (κ2) is 5.49. The molecule has 6 rings (SSSR count). The normalized spacial score (nSPS) is 58.8. The summed E-state index contributed by atoms with van der Waals surface area (Å²) in [4.78, 5) is 10.5. The Morgan fingerprint density at radius 1 is 0.692 bits per heavy atom. The number of hydrogen-bond donors (Lipinski definition) is 1. The Labute approximate surface area is 157 Å². The fourth-order valence-corrected chi connectivity index (χ4v) is 7.12. The molecule has 0 aromatic carbocycles. The number of hydrogen-bond acceptors (Lipinski definition) is 1. The van der Waals surface area contributed by atoms with E-state index in [1.165, 1.54) is 25.3 Å². The van der Waals surface area contributed by atoms with Gasteiger partial charge in [-0.2, -0.15) is 0 Å². The summed E-state index contributed by atoms with van der Waals surface area (Å²) < 4.78 is 0. The van der Waals surface area contributed by atoms with E-state index in [2.05, 4.69) is 13.0 Å². The highest BCUT2D eigenvalue weighted by Crippen LogP contribution is 2.74. The van der Waals surface area contributed by atoms with E-state index < -0.39 is 5.97 Å². The first-order valence-corrected chi connectivity index (χ1v) is 11.2. The summed E-state index contributed by atoms with van der Waals surface area (Å²) in [5.74, 6) is 11.9. The lowest BCUT2D eigenvalue weighted by molar-refractivity contribution is -0.131. The molecule has 0 aromatic heterocycles. The molecule has 26 heavy (non-hydrogen) atoms. The van der Waals surface area contributed by atoms with Crippen LogP contribution in [0.5, 0.6) is 0 Å². The molecule has 1 N–H and O–H groups in total. The maximum Gasteiger partial charge on any atom is 0.328 e. The van der Waals surface area contributed by atoms with E-state index in [0.29, 0.717) is 0 Å². The number of allylic oxidation sites excluding steroid dienone is 3. The highest BCUT2D eigenvalue weighted by Gasteiger charge is 2.67. The van der Waals surface area contributed by atoms with Crippen LogP contribution in [0, 0.1) is 71.0 Å². The Balaban J connectivity index is 0.933. The monoisotopic (exact) mass is 352 g/mol. The number of carboxylic acid groups (broad SMARTS) is 1. The molecule has 6 saturated carbocycles. The van der Waals surface area contributed by atoms with Gasteiger partial charge in [-0.3, -0.25) is 0 Å². The van der Waals surface area contributed by atoms with E-state index in [0.717, 1.165) is 71.0 Å². The van der Waals surface area contributed by atoms with Gasteiger partial charge in [0.05, 0.1) is 0 Å². The van der Waals surface area contributed by atoms with Gasteiger partial charge in [0, 0.05) is 6.08 Å². The van der Waals surface area contributed by atoms with Crippen molar-refractivity contribution in [2.24, 2.45) is 71.0 Å². The lowest BCUT2D eigenvalue weighted by Crippen LogP contribution is -1.97. The number of rotatable bonds is 8. The molecule has 0 aromatic rings. The average Bonchev–Trinajstić information content (AvgIpc) is 3.35. The number of carboxylic acids is 1. The molecule has 12 unspecified atom stereocenters. The van der Waals surface area contributed by atoms with Gasteiger partial charge in [0.1, 0.15) is 0 Å². The molecule has 6 aliphatic carbocycles. The van der Waals surface area contributed by atoms with Crippen LogP contribution in [-0.4, -0.2) is 11.1 Å². The number of carbonyl (C=O) groups is 1. The Bertz CT molecular complexity index is 678. The molecule has 0 heterocycles. The van der Waals surface area contributed by atoms with Crippen LogP contribution < -0.4 is 0 Å². The molecule has 12 atom stereocenters. The van der Waals surface area contributed by atoms with E-state index in [9.17, 15) is 4.79 Å². The average molecular weight is 353 g/mol. The predicted molar refractivity (Wildman–Crippen MR) is 101 cm³/mol. The fraction of sp³-hybridized carbons (Fsp3) is 0.792. The van der Waals surface area contributed by atoms with Crippen molar-refractivity contribution >= 4 is 5.97 Å². The first kappa shape index (κ1) is 16.0. The summed E-state index contributed by atoms with van der Waals surface area (Å²) in [5, 5.41) is 8.61. The van der Waals surface area contributed by atoms with Crippen molar-refractivity contribution in [3.8, 4) is 0 Å². The smallest absolute Gasteiger partial charge is 0.328 e. The third kappa shape index (κ3) is 2.88. The van der Waals surface area contributed by atoms with Crippen LogP contribution in [0.4, 0.5) is 0 Å². The van der Waals surface area contributed by atoms with Crippen LogP contribution >= 0.6 is 0 Å². The molecular formula is C24H32O2. The minimum absolute atomic E-state index is 0.738. The summed E-state index contributed by atoms with van der Waals surface area (Å²) in [7, 11) is 0. The molecule has 0 radical (unpaired) electrons. The zero-order valence-electron chi connectivity index (χ0n) is 15.8. The largest absolute Gasteiger partial charge is 0.478 e. The van der Waals surface area contributed by atoms with Crippen molar-refractivity contribution in [2.75, 3.05) is 0 Å². The SMILES string of the molecule is CC1CC1C1CC1C1CC1C1CC1C1CC1C1CC1C=CC=CC(=O)O. The van der Waals surface area contributed by atoms with E-state index in [1.807, 2.05) is 6.08 Å². The van der Waals surface area contributed by atoms with Gasteiger partial charge in [-0.05, 0) is 110 Å². The van der Waals surface area contributed by atoms with Crippen LogP contribution in [0.2, 0.25) is 0 Å². The van der Waals surface area contributed by atoms with Crippen LogP contribution in [0.1, 0.15) is 45.4 Å². The Morgan fingerprint density at radius 2 is 1.15 bits per heavy atom. The quantitative estimate of drug-likeness (QED) is 0.492. The zero-order chi connectivity index (χ0) is 17.6. The zero-order valence-corrected chi connectivity index (χ0v) is 15.8. The van der Waals surface area contributed by atoms with Gasteiger partial charge in [0.15, 0.2) is 0 Å². The minimum Gasteiger partial charge on any atom is -0.478 e. The van der Waals surface area contributed by atoms with Crippen molar-refractivity contribution in [3.05, 3.63) is 24.3 Å². The van der Waals surface area contributed by atoms with Crippen molar-refractivity contribution < 1.29 is 9.90 Å². The van der Waals surface area contributed by atoms with Gasteiger partial charge in [-0.15, -0.1) is 0 Å². The minimum atomic E-state index is -0.855. The van der Waals surface area contributed by atoms with Crippen molar-refractivity contribution in [2.45, 2.75) is 45.4 Å². The highest BCUT2D eigenvalue weighted by atomic mass is 16.4. The molecular weight excluding hydrogens is 320 g/mol.